The summed E-state index contributed by atoms with van der Waals surface area (Å²) in [7, 11) is 0. The Balaban J connectivity index is 1.19. The molecular formula is C31H36FN7O2. The minimum Gasteiger partial charge on any atom is -0.459 e. The number of esters is 1. The third-order valence-corrected chi connectivity index (χ3v) is 7.59. The molecular weight excluding hydrogens is 521 g/mol. The van der Waals surface area contributed by atoms with Gasteiger partial charge in [-0.05, 0) is 75.6 Å². The van der Waals surface area contributed by atoms with Gasteiger partial charge in [-0.1, -0.05) is 18.2 Å². The lowest BCUT2D eigenvalue weighted by Crippen LogP contribution is -2.49. The van der Waals surface area contributed by atoms with Crippen LogP contribution in [0.4, 0.5) is 16.0 Å². The second-order valence-corrected chi connectivity index (χ2v) is 11.7. The van der Waals surface area contributed by atoms with E-state index >= 15 is 0 Å². The number of hydrogen-bond acceptors (Lipinski definition) is 8. The lowest BCUT2D eigenvalue weighted by atomic mass is 10.0. The summed E-state index contributed by atoms with van der Waals surface area (Å²) in [5.41, 5.74) is 2.84. The zero-order valence-electron chi connectivity index (χ0n) is 23.8. The predicted octanol–water partition coefficient (Wildman–Crippen LogP) is 4.74. The fraction of sp³-hybridized carbons (Fsp3) is 0.419. The topological polar surface area (TPSA) is 79.1 Å². The largest absolute Gasteiger partial charge is 0.459 e. The van der Waals surface area contributed by atoms with E-state index < -0.39 is 5.60 Å². The number of hydrogen-bond donors (Lipinski definition) is 0. The maximum atomic E-state index is 14.0. The molecule has 10 heteroatoms. The molecule has 2 fully saturated rings. The molecule has 0 amide bonds. The van der Waals surface area contributed by atoms with Crippen molar-refractivity contribution in [2.75, 3.05) is 49.1 Å². The summed E-state index contributed by atoms with van der Waals surface area (Å²) in [6.07, 6.45) is 3.78. The number of rotatable bonds is 6. The molecule has 4 aromatic rings. The Hall–Kier alpha value is -4.05. The first-order valence-corrected chi connectivity index (χ1v) is 14.3. The van der Waals surface area contributed by atoms with Crippen LogP contribution in [0, 0.1) is 5.82 Å². The molecule has 214 valence electrons. The van der Waals surface area contributed by atoms with Crippen LogP contribution in [-0.2, 0) is 9.53 Å². The predicted molar refractivity (Wildman–Crippen MR) is 156 cm³/mol. The molecule has 0 radical (unpaired) electrons. The number of piperazine rings is 1. The van der Waals surface area contributed by atoms with Crippen molar-refractivity contribution in [3.63, 3.8) is 0 Å². The van der Waals surface area contributed by atoms with Crippen LogP contribution in [0.25, 0.3) is 17.0 Å². The summed E-state index contributed by atoms with van der Waals surface area (Å²) in [5.74, 6) is 1.31. The van der Waals surface area contributed by atoms with Gasteiger partial charge in [0.15, 0.2) is 5.65 Å². The Morgan fingerprint density at radius 3 is 2.59 bits per heavy atom. The second-order valence-electron chi connectivity index (χ2n) is 11.7. The second kappa shape index (κ2) is 11.1. The van der Waals surface area contributed by atoms with Gasteiger partial charge in [0.1, 0.15) is 28.7 Å². The number of imidazole rings is 1. The minimum atomic E-state index is -0.478. The van der Waals surface area contributed by atoms with Gasteiger partial charge >= 0.3 is 5.97 Å². The Bertz CT molecular complexity index is 1540. The van der Waals surface area contributed by atoms with E-state index in [0.717, 1.165) is 79.8 Å². The lowest BCUT2D eigenvalue weighted by molar-refractivity contribution is -0.156. The maximum Gasteiger partial charge on any atom is 0.320 e. The average Bonchev–Trinajstić information content (AvgIpc) is 3.60. The van der Waals surface area contributed by atoms with Gasteiger partial charge in [-0.3, -0.25) is 9.69 Å². The zero-order chi connectivity index (χ0) is 28.6. The molecule has 1 aromatic carbocycles. The smallest absolute Gasteiger partial charge is 0.320 e. The third-order valence-electron chi connectivity index (χ3n) is 7.59. The Morgan fingerprint density at radius 2 is 1.80 bits per heavy atom. The van der Waals surface area contributed by atoms with Crippen LogP contribution < -0.4 is 9.80 Å². The van der Waals surface area contributed by atoms with Gasteiger partial charge in [-0.2, -0.15) is 0 Å². The number of carbonyl (C=O) groups is 1. The molecule has 0 N–H and O–H groups in total. The van der Waals surface area contributed by atoms with E-state index in [1.165, 1.54) is 6.07 Å². The van der Waals surface area contributed by atoms with Crippen LogP contribution in [0.1, 0.15) is 45.2 Å². The van der Waals surface area contributed by atoms with Crippen LogP contribution in [0.3, 0.4) is 0 Å². The summed E-state index contributed by atoms with van der Waals surface area (Å²) in [4.78, 5) is 28.4. The van der Waals surface area contributed by atoms with Gasteiger partial charge in [0.05, 0.1) is 24.5 Å². The summed E-state index contributed by atoms with van der Waals surface area (Å²) in [5, 5.41) is 4.98. The number of pyridine rings is 1. The first-order chi connectivity index (χ1) is 19.7. The van der Waals surface area contributed by atoms with E-state index in [1.807, 2.05) is 67.9 Å². The van der Waals surface area contributed by atoms with Crippen molar-refractivity contribution in [3.05, 3.63) is 72.2 Å². The molecule has 5 heterocycles. The zero-order valence-corrected chi connectivity index (χ0v) is 23.8. The van der Waals surface area contributed by atoms with Gasteiger partial charge in [0.25, 0.3) is 0 Å². The number of ether oxygens (including phenoxy) is 1. The van der Waals surface area contributed by atoms with Crippen LogP contribution in [0.5, 0.6) is 0 Å². The van der Waals surface area contributed by atoms with Gasteiger partial charge in [0, 0.05) is 32.7 Å². The van der Waals surface area contributed by atoms with Gasteiger partial charge in [-0.25, -0.2) is 18.9 Å². The van der Waals surface area contributed by atoms with Crippen molar-refractivity contribution < 1.29 is 13.9 Å². The van der Waals surface area contributed by atoms with Crippen LogP contribution in [-0.4, -0.2) is 75.3 Å². The van der Waals surface area contributed by atoms with Crippen LogP contribution in [0.15, 0.2) is 60.8 Å². The number of carbonyl (C=O) groups excluding carboxylic acids is 1. The average molecular weight is 558 g/mol. The van der Waals surface area contributed by atoms with Crippen molar-refractivity contribution >= 4 is 23.3 Å². The normalized spacial score (nSPS) is 18.3. The highest BCUT2D eigenvalue weighted by molar-refractivity contribution is 5.72. The minimum absolute atomic E-state index is 0.0815. The van der Waals surface area contributed by atoms with E-state index in [4.69, 9.17) is 14.8 Å². The van der Waals surface area contributed by atoms with Crippen LogP contribution in [0.2, 0.25) is 0 Å². The van der Waals surface area contributed by atoms with E-state index in [-0.39, 0.29) is 17.8 Å². The molecule has 2 saturated heterocycles. The van der Waals surface area contributed by atoms with Crippen molar-refractivity contribution in [1.82, 2.24) is 24.5 Å². The molecule has 2 aliphatic rings. The van der Waals surface area contributed by atoms with E-state index in [1.54, 1.807) is 12.1 Å². The van der Waals surface area contributed by atoms with E-state index in [9.17, 15) is 9.18 Å². The molecule has 1 unspecified atom stereocenters. The molecule has 9 nitrogen and oxygen atoms in total. The highest BCUT2D eigenvalue weighted by Gasteiger charge is 2.28. The fourth-order valence-electron chi connectivity index (χ4n) is 5.73. The number of aromatic nitrogens is 4. The van der Waals surface area contributed by atoms with Gasteiger partial charge in [-0.15, -0.1) is 5.10 Å². The van der Waals surface area contributed by atoms with Gasteiger partial charge < -0.3 is 14.5 Å². The monoisotopic (exact) mass is 557 g/mol. The highest BCUT2D eigenvalue weighted by Crippen LogP contribution is 2.35. The number of halogens is 1. The quantitative estimate of drug-likeness (QED) is 0.315. The SMILES string of the molecule is CC(C)(C)OC(=O)CN1CCN(c2cccc(-c3cnc4ccc(N5CCCC5c5cccc(F)c5)nn34)n2)CC1. The maximum absolute atomic E-state index is 14.0. The Morgan fingerprint density at radius 1 is 1.00 bits per heavy atom. The summed E-state index contributed by atoms with van der Waals surface area (Å²) < 4.78 is 21.3. The van der Waals surface area contributed by atoms with Crippen molar-refractivity contribution in [2.24, 2.45) is 0 Å². The summed E-state index contributed by atoms with van der Waals surface area (Å²) >= 11 is 0. The molecule has 0 bridgehead atoms. The molecule has 1 atom stereocenters. The summed E-state index contributed by atoms with van der Waals surface area (Å²) in [6.45, 7) is 9.87. The highest BCUT2D eigenvalue weighted by atomic mass is 19.1. The molecule has 0 spiro atoms. The third kappa shape index (κ3) is 6.02. The van der Waals surface area contributed by atoms with Crippen molar-refractivity contribution in [1.29, 1.82) is 0 Å². The fourth-order valence-corrected chi connectivity index (χ4v) is 5.73. The van der Waals surface area contributed by atoms with Crippen molar-refractivity contribution in [3.8, 4) is 11.4 Å². The first-order valence-electron chi connectivity index (χ1n) is 14.3. The van der Waals surface area contributed by atoms with E-state index in [0.29, 0.717) is 6.54 Å². The Labute approximate surface area is 239 Å². The number of anilines is 2. The first kappa shape index (κ1) is 27.1. The standard InChI is InChI=1S/C31H36FN7O2/c1-31(2,3)41-30(40)21-36-15-17-37(18-16-36)28-11-5-9-24(34-28)26-20-33-27-12-13-29(35-39(26)27)38-14-6-10-25(38)22-7-4-8-23(32)19-22/h4-5,7-9,11-13,19-20,25H,6,10,14-18,21H2,1-3H3. The van der Waals surface area contributed by atoms with E-state index in [2.05, 4.69) is 19.7 Å². The van der Waals surface area contributed by atoms with Crippen molar-refractivity contribution in [2.45, 2.75) is 45.3 Å². The molecule has 0 saturated carbocycles. The number of nitrogens with zero attached hydrogens (tertiary/aromatic N) is 7. The van der Waals surface area contributed by atoms with Gasteiger partial charge in [0.2, 0.25) is 0 Å². The number of benzene rings is 1. The molecule has 6 rings (SSSR count). The molecule has 41 heavy (non-hydrogen) atoms. The molecule has 3 aromatic heterocycles. The van der Waals surface area contributed by atoms with Crippen LogP contribution >= 0.6 is 0 Å². The lowest BCUT2D eigenvalue weighted by Gasteiger charge is -2.35. The Kier molecular flexibility index (Phi) is 7.33. The molecule has 0 aliphatic carbocycles. The molecule has 2 aliphatic heterocycles. The summed E-state index contributed by atoms with van der Waals surface area (Å²) in [6, 6.07) is 16.9. The number of fused-ring (bicyclic) bond motifs is 1.